The van der Waals surface area contributed by atoms with Crippen molar-refractivity contribution in [1.82, 2.24) is 20.0 Å². The Hall–Kier alpha value is -1.21. The van der Waals surface area contributed by atoms with E-state index in [0.29, 0.717) is 52.4 Å². The Kier molecular flexibility index (Phi) is 9.78. The van der Waals surface area contributed by atoms with E-state index >= 15 is 0 Å². The van der Waals surface area contributed by atoms with Gasteiger partial charge in [-0.05, 0) is 0 Å². The number of carbonyl (C=O) groups is 2. The summed E-state index contributed by atoms with van der Waals surface area (Å²) in [6.07, 6.45) is 0. The van der Waals surface area contributed by atoms with Crippen LogP contribution < -0.4 is 5.32 Å². The van der Waals surface area contributed by atoms with Crippen molar-refractivity contribution < 1.29 is 24.4 Å². The van der Waals surface area contributed by atoms with E-state index in [0.717, 1.165) is 0 Å². The van der Waals surface area contributed by atoms with Crippen molar-refractivity contribution >= 4 is 19.9 Å². The molecule has 0 radical (unpaired) electrons. The van der Waals surface area contributed by atoms with Gasteiger partial charge in [-0.3, -0.25) is 0 Å². The van der Waals surface area contributed by atoms with Gasteiger partial charge in [0.2, 0.25) is 0 Å². The molecule has 0 bridgehead atoms. The fourth-order valence-corrected chi connectivity index (χ4v) is 2.63. The van der Waals surface area contributed by atoms with Crippen LogP contribution in [0.1, 0.15) is 0 Å². The van der Waals surface area contributed by atoms with E-state index in [1.807, 2.05) is 9.80 Å². The van der Waals surface area contributed by atoms with Crippen molar-refractivity contribution in [3.8, 4) is 5.75 Å². The summed E-state index contributed by atoms with van der Waals surface area (Å²) in [4.78, 5) is 27.1. The molecular formula is C13H23N4O5P. The summed E-state index contributed by atoms with van der Waals surface area (Å²) >= 11 is 0. The van der Waals surface area contributed by atoms with E-state index in [-0.39, 0.29) is 21.0 Å². The van der Waals surface area contributed by atoms with Gasteiger partial charge in [-0.25, -0.2) is 0 Å². The molecule has 0 aromatic rings. The van der Waals surface area contributed by atoms with Crippen LogP contribution in [0.5, 0.6) is 0 Å². The third-order valence-electron chi connectivity index (χ3n) is 3.48. The monoisotopic (exact) mass is 346 g/mol. The van der Waals surface area contributed by atoms with Crippen molar-refractivity contribution in [3.63, 3.8) is 0 Å². The van der Waals surface area contributed by atoms with Gasteiger partial charge in [0.25, 0.3) is 0 Å². The molecule has 0 amide bonds. The Morgan fingerprint density at radius 1 is 0.913 bits per heavy atom. The molecule has 10 heteroatoms. The van der Waals surface area contributed by atoms with Gasteiger partial charge < -0.3 is 0 Å². The molecule has 0 atom stereocenters. The zero-order valence-electron chi connectivity index (χ0n) is 13.0. The number of nitrogens with zero attached hydrogens (tertiary/aromatic N) is 3. The fourth-order valence-electron chi connectivity index (χ4n) is 2.32. The van der Waals surface area contributed by atoms with E-state index < -0.39 is 11.9 Å². The molecule has 0 aromatic heterocycles. The van der Waals surface area contributed by atoms with Crippen molar-refractivity contribution in [3.05, 3.63) is 0 Å². The number of rotatable bonds is 4. The second kappa shape index (κ2) is 11.3. The Bertz CT molecular complexity index is 468. The molecule has 3 N–H and O–H groups in total. The second-order valence-electron chi connectivity index (χ2n) is 5.27. The summed E-state index contributed by atoms with van der Waals surface area (Å²) in [5.74, 6) is 0.904. The quantitative estimate of drug-likeness (QED) is 0.544. The van der Waals surface area contributed by atoms with E-state index in [1.165, 1.54) is 0 Å². The number of hydrogen-bond donors (Lipinski definition) is 3. The van der Waals surface area contributed by atoms with Gasteiger partial charge >= 0.3 is 135 Å². The molecular weight excluding hydrogens is 323 g/mol. The minimum absolute atomic E-state index is 0.0459. The first-order chi connectivity index (χ1) is 11.0. The topological polar surface area (TPSA) is 113 Å². The molecule has 1 aliphatic heterocycles. The number of aliphatic carboxylic acids is 2. The van der Waals surface area contributed by atoms with Crippen LogP contribution in [0.3, 0.4) is 0 Å². The predicted octanol–water partition coefficient (Wildman–Crippen LogP) is -1.13. The normalized spacial score (nSPS) is 20.0. The Labute approximate surface area is 136 Å². The van der Waals surface area contributed by atoms with Crippen molar-refractivity contribution in [2.24, 2.45) is 0 Å². The molecule has 23 heavy (non-hydrogen) atoms. The Morgan fingerprint density at radius 2 is 1.39 bits per heavy atom. The minimum atomic E-state index is -0.883. The van der Waals surface area contributed by atoms with E-state index in [2.05, 4.69) is 11.1 Å². The molecule has 1 fully saturated rings. The zero-order valence-corrected chi connectivity index (χ0v) is 13.9. The first-order valence-electron chi connectivity index (χ1n) is 7.43. The first-order valence-corrected chi connectivity index (χ1v) is 8.24. The maximum absolute atomic E-state index is 10.9. The number of carboxylic acids is 2. The van der Waals surface area contributed by atoms with Crippen LogP contribution >= 0.6 is 7.92 Å². The molecule has 0 spiro atoms. The average molecular weight is 346 g/mol. The van der Waals surface area contributed by atoms with E-state index in [1.54, 1.807) is 4.90 Å². The van der Waals surface area contributed by atoms with Gasteiger partial charge in [-0.15, -0.1) is 0 Å². The van der Waals surface area contributed by atoms with Gasteiger partial charge in [0.05, 0.1) is 0 Å². The van der Waals surface area contributed by atoms with Crippen molar-refractivity contribution in [1.29, 1.82) is 0 Å². The molecule has 130 valence electrons. The van der Waals surface area contributed by atoms with Crippen LogP contribution in [0.4, 0.5) is 0 Å². The summed E-state index contributed by atoms with van der Waals surface area (Å²) in [7, 11) is -0.242. The summed E-state index contributed by atoms with van der Waals surface area (Å²) in [6, 6.07) is 0. The molecule has 0 aliphatic carbocycles. The molecule has 1 aliphatic rings. The van der Waals surface area contributed by atoms with Crippen LogP contribution in [0.2, 0.25) is 0 Å². The SMILES string of the molecule is O=P#CN1CCN(CC(=O)O)CCNCCN(CC(=O)O)CC1. The summed E-state index contributed by atoms with van der Waals surface area (Å²) in [5.41, 5.74) is 0. The maximum atomic E-state index is 10.9. The Morgan fingerprint density at radius 3 is 1.78 bits per heavy atom. The van der Waals surface area contributed by atoms with Crippen LogP contribution in [0.25, 0.3) is 0 Å². The van der Waals surface area contributed by atoms with Crippen molar-refractivity contribution in [2.75, 3.05) is 65.4 Å². The molecule has 0 unspecified atom stereocenters. The predicted molar refractivity (Wildman–Crippen MR) is 84.1 cm³/mol. The summed E-state index contributed by atoms with van der Waals surface area (Å²) in [6.45, 7) is 4.31. The van der Waals surface area contributed by atoms with Crippen LogP contribution in [-0.2, 0) is 14.2 Å². The van der Waals surface area contributed by atoms with Gasteiger partial charge in [0.1, 0.15) is 0 Å². The van der Waals surface area contributed by atoms with E-state index in [4.69, 9.17) is 10.2 Å². The molecule has 1 rings (SSSR count). The van der Waals surface area contributed by atoms with Gasteiger partial charge in [0, 0.05) is 0 Å². The first kappa shape index (κ1) is 19.8. The molecule has 0 saturated carbocycles. The standard InChI is InChI=1S/C13H23N4O5P/c18-12(19)9-15-3-1-14-2-4-16(10-13(20)21)6-8-17(7-5-15)11-23-22/h14H,1-10H2,(H,18,19)(H,20,21). The average Bonchev–Trinajstić information content (AvgIpc) is 2.46. The van der Waals surface area contributed by atoms with Crippen molar-refractivity contribution in [2.45, 2.75) is 0 Å². The Balaban J connectivity index is 2.68. The van der Waals surface area contributed by atoms with Gasteiger partial charge in [0.15, 0.2) is 0 Å². The molecule has 1 saturated heterocycles. The fraction of sp³-hybridized carbons (Fsp3) is 0.769. The second-order valence-corrected chi connectivity index (χ2v) is 5.65. The van der Waals surface area contributed by atoms with E-state index in [9.17, 15) is 14.2 Å². The third-order valence-corrected chi connectivity index (χ3v) is 3.85. The van der Waals surface area contributed by atoms with Gasteiger partial charge in [-0.2, -0.15) is 0 Å². The van der Waals surface area contributed by atoms with Gasteiger partial charge in [-0.1, -0.05) is 0 Å². The number of carboxylic acid groups (broad SMARTS) is 2. The third kappa shape index (κ3) is 9.50. The number of hydrogen-bond acceptors (Lipinski definition) is 7. The molecule has 9 nitrogen and oxygen atoms in total. The zero-order chi connectivity index (χ0) is 17.1. The van der Waals surface area contributed by atoms with Crippen LogP contribution in [-0.4, -0.2) is 102 Å². The molecule has 1 heterocycles. The van der Waals surface area contributed by atoms with Crippen LogP contribution in [0, 0.1) is 5.75 Å². The molecule has 0 aromatic carbocycles. The number of nitrogens with one attached hydrogen (secondary N) is 1. The van der Waals surface area contributed by atoms with Crippen LogP contribution in [0.15, 0.2) is 0 Å². The summed E-state index contributed by atoms with van der Waals surface area (Å²) < 4.78 is 10.8. The summed E-state index contributed by atoms with van der Waals surface area (Å²) in [5, 5.41) is 21.1.